The van der Waals surface area contributed by atoms with Crippen molar-refractivity contribution < 1.29 is 4.79 Å². The van der Waals surface area contributed by atoms with Crippen LogP contribution in [-0.4, -0.2) is 21.1 Å². The minimum absolute atomic E-state index is 0.0189. The number of carbonyl (C=O) groups is 1. The van der Waals surface area contributed by atoms with E-state index >= 15 is 0 Å². The van der Waals surface area contributed by atoms with E-state index in [0.29, 0.717) is 12.8 Å². The standard InChI is InChI=1S/C16H18N4OS/c1-16(2,15-19-12-5-3-4-6-13(12)22-15)20-14(21)8-7-11-9-17-18-10-11/h3-6,9-10H,7-8H2,1-2H3,(H,17,18)(H,20,21). The quantitative estimate of drug-likeness (QED) is 0.760. The van der Waals surface area contributed by atoms with Gasteiger partial charge in [0.1, 0.15) is 5.01 Å². The van der Waals surface area contributed by atoms with E-state index in [0.717, 1.165) is 20.8 Å². The highest BCUT2D eigenvalue weighted by atomic mass is 32.1. The molecule has 0 spiro atoms. The second-order valence-corrected chi connectivity index (χ2v) is 6.80. The second kappa shape index (κ2) is 5.88. The average Bonchev–Trinajstić information content (AvgIpc) is 3.14. The number of aromatic nitrogens is 3. The summed E-state index contributed by atoms with van der Waals surface area (Å²) in [6, 6.07) is 8.02. The lowest BCUT2D eigenvalue weighted by atomic mass is 10.1. The Bertz CT molecular complexity index is 743. The van der Waals surface area contributed by atoms with Gasteiger partial charge in [-0.1, -0.05) is 12.1 Å². The number of H-pyrrole nitrogens is 1. The molecule has 1 amide bonds. The third kappa shape index (κ3) is 3.17. The first-order valence-corrected chi connectivity index (χ1v) is 8.01. The normalized spacial score (nSPS) is 11.7. The fraction of sp³-hybridized carbons (Fsp3) is 0.312. The number of benzene rings is 1. The summed E-state index contributed by atoms with van der Waals surface area (Å²) in [5.41, 5.74) is 1.54. The summed E-state index contributed by atoms with van der Waals surface area (Å²) in [6.07, 6.45) is 4.67. The minimum Gasteiger partial charge on any atom is -0.345 e. The number of para-hydroxylation sites is 1. The fourth-order valence-corrected chi connectivity index (χ4v) is 3.30. The van der Waals surface area contributed by atoms with Crippen LogP contribution in [0.2, 0.25) is 0 Å². The molecule has 0 saturated carbocycles. The number of hydrogen-bond acceptors (Lipinski definition) is 4. The van der Waals surface area contributed by atoms with E-state index in [9.17, 15) is 4.79 Å². The zero-order valence-corrected chi connectivity index (χ0v) is 13.4. The van der Waals surface area contributed by atoms with Crippen LogP contribution >= 0.6 is 11.3 Å². The van der Waals surface area contributed by atoms with Gasteiger partial charge in [-0.25, -0.2) is 4.98 Å². The fourth-order valence-electron chi connectivity index (χ4n) is 2.28. The number of amides is 1. The molecule has 2 N–H and O–H groups in total. The average molecular weight is 314 g/mol. The predicted molar refractivity (Wildman–Crippen MR) is 87.7 cm³/mol. The van der Waals surface area contributed by atoms with Crippen LogP contribution in [0.15, 0.2) is 36.7 Å². The smallest absolute Gasteiger partial charge is 0.221 e. The van der Waals surface area contributed by atoms with Crippen LogP contribution in [0.5, 0.6) is 0 Å². The van der Waals surface area contributed by atoms with E-state index in [2.05, 4.69) is 20.5 Å². The molecule has 1 aromatic carbocycles. The van der Waals surface area contributed by atoms with Gasteiger partial charge in [0.05, 0.1) is 22.0 Å². The van der Waals surface area contributed by atoms with Crippen molar-refractivity contribution in [2.75, 3.05) is 0 Å². The maximum absolute atomic E-state index is 12.2. The summed E-state index contributed by atoms with van der Waals surface area (Å²) in [6.45, 7) is 3.97. The van der Waals surface area contributed by atoms with E-state index in [1.807, 2.05) is 44.3 Å². The van der Waals surface area contributed by atoms with Crippen molar-refractivity contribution in [3.05, 3.63) is 47.2 Å². The summed E-state index contributed by atoms with van der Waals surface area (Å²) in [5, 5.41) is 10.6. The van der Waals surface area contributed by atoms with Gasteiger partial charge < -0.3 is 5.32 Å². The van der Waals surface area contributed by atoms with E-state index in [1.54, 1.807) is 17.5 Å². The van der Waals surface area contributed by atoms with Crippen molar-refractivity contribution in [2.45, 2.75) is 32.2 Å². The molecule has 0 saturated heterocycles. The maximum Gasteiger partial charge on any atom is 0.221 e. The molecule has 22 heavy (non-hydrogen) atoms. The third-order valence-electron chi connectivity index (χ3n) is 3.48. The lowest BCUT2D eigenvalue weighted by molar-refractivity contribution is -0.122. The largest absolute Gasteiger partial charge is 0.345 e. The first kappa shape index (κ1) is 14.7. The number of nitrogens with one attached hydrogen (secondary N) is 2. The van der Waals surface area contributed by atoms with Gasteiger partial charge in [0.2, 0.25) is 5.91 Å². The summed E-state index contributed by atoms with van der Waals surface area (Å²) < 4.78 is 1.14. The van der Waals surface area contributed by atoms with Crippen LogP contribution < -0.4 is 5.32 Å². The summed E-state index contributed by atoms with van der Waals surface area (Å²) >= 11 is 1.62. The van der Waals surface area contributed by atoms with E-state index in [1.165, 1.54) is 0 Å². The number of carbonyl (C=O) groups excluding carboxylic acids is 1. The highest BCUT2D eigenvalue weighted by molar-refractivity contribution is 7.18. The lowest BCUT2D eigenvalue weighted by Crippen LogP contribution is -2.41. The van der Waals surface area contributed by atoms with Crippen LogP contribution in [0.4, 0.5) is 0 Å². The van der Waals surface area contributed by atoms with Crippen molar-refractivity contribution >= 4 is 27.5 Å². The van der Waals surface area contributed by atoms with Gasteiger partial charge in [0, 0.05) is 12.6 Å². The predicted octanol–water partition coefficient (Wildman–Crippen LogP) is 3.00. The molecule has 0 unspecified atom stereocenters. The Kier molecular flexibility index (Phi) is 3.94. The molecule has 2 heterocycles. The van der Waals surface area contributed by atoms with Gasteiger partial charge in [-0.15, -0.1) is 11.3 Å². The molecule has 114 valence electrons. The highest BCUT2D eigenvalue weighted by Gasteiger charge is 2.26. The topological polar surface area (TPSA) is 70.7 Å². The van der Waals surface area contributed by atoms with Gasteiger partial charge in [0.15, 0.2) is 0 Å². The van der Waals surface area contributed by atoms with Gasteiger partial charge in [0.25, 0.3) is 0 Å². The molecule has 6 heteroatoms. The zero-order valence-electron chi connectivity index (χ0n) is 12.6. The van der Waals surface area contributed by atoms with Crippen molar-refractivity contribution in [3.8, 4) is 0 Å². The molecule has 0 fully saturated rings. The molecule has 2 aromatic heterocycles. The van der Waals surface area contributed by atoms with Crippen LogP contribution in [0, 0.1) is 0 Å². The van der Waals surface area contributed by atoms with E-state index in [-0.39, 0.29) is 5.91 Å². The number of rotatable bonds is 5. The second-order valence-electron chi connectivity index (χ2n) is 5.77. The van der Waals surface area contributed by atoms with E-state index < -0.39 is 5.54 Å². The first-order valence-electron chi connectivity index (χ1n) is 7.19. The van der Waals surface area contributed by atoms with Crippen LogP contribution in [0.1, 0.15) is 30.8 Å². The number of nitrogens with zero attached hydrogens (tertiary/aromatic N) is 2. The van der Waals surface area contributed by atoms with Crippen LogP contribution in [-0.2, 0) is 16.8 Å². The number of hydrogen-bond donors (Lipinski definition) is 2. The number of aromatic amines is 1. The maximum atomic E-state index is 12.2. The molecule has 0 aliphatic heterocycles. The molecule has 3 aromatic rings. The minimum atomic E-state index is -0.475. The van der Waals surface area contributed by atoms with Crippen LogP contribution in [0.3, 0.4) is 0 Å². The molecule has 0 atom stereocenters. The molecule has 0 radical (unpaired) electrons. The first-order chi connectivity index (χ1) is 10.5. The number of fused-ring (bicyclic) bond motifs is 1. The van der Waals surface area contributed by atoms with Gasteiger partial charge >= 0.3 is 0 Å². The summed E-state index contributed by atoms with van der Waals surface area (Å²) in [7, 11) is 0. The SMILES string of the molecule is CC(C)(NC(=O)CCc1cn[nH]c1)c1nc2ccccc2s1. The third-order valence-corrected chi connectivity index (χ3v) is 4.84. The molecule has 0 aliphatic carbocycles. The molecular weight excluding hydrogens is 296 g/mol. The van der Waals surface area contributed by atoms with Crippen molar-refractivity contribution in [1.82, 2.24) is 20.5 Å². The summed E-state index contributed by atoms with van der Waals surface area (Å²) in [4.78, 5) is 16.8. The van der Waals surface area contributed by atoms with Gasteiger partial charge in [-0.05, 0) is 38.0 Å². The Morgan fingerprint density at radius 3 is 2.91 bits per heavy atom. The van der Waals surface area contributed by atoms with Gasteiger partial charge in [-0.2, -0.15) is 5.10 Å². The van der Waals surface area contributed by atoms with Crippen molar-refractivity contribution in [3.63, 3.8) is 0 Å². The summed E-state index contributed by atoms with van der Waals surface area (Å²) in [5.74, 6) is 0.0189. The van der Waals surface area contributed by atoms with Gasteiger partial charge in [-0.3, -0.25) is 9.89 Å². The molecule has 5 nitrogen and oxygen atoms in total. The Balaban J connectivity index is 1.68. The van der Waals surface area contributed by atoms with Crippen molar-refractivity contribution in [2.24, 2.45) is 0 Å². The Hall–Kier alpha value is -2.21. The Morgan fingerprint density at radius 1 is 1.36 bits per heavy atom. The Labute approximate surface area is 132 Å². The van der Waals surface area contributed by atoms with E-state index in [4.69, 9.17) is 0 Å². The number of aryl methyl sites for hydroxylation is 1. The highest BCUT2D eigenvalue weighted by Crippen LogP contribution is 2.29. The number of thiazole rings is 1. The molecule has 0 bridgehead atoms. The molecular formula is C16H18N4OS. The lowest BCUT2D eigenvalue weighted by Gasteiger charge is -2.23. The van der Waals surface area contributed by atoms with Crippen molar-refractivity contribution in [1.29, 1.82) is 0 Å². The van der Waals surface area contributed by atoms with Crippen LogP contribution in [0.25, 0.3) is 10.2 Å². The molecule has 0 aliphatic rings. The molecule has 3 rings (SSSR count). The Morgan fingerprint density at radius 2 is 2.18 bits per heavy atom. The zero-order chi connectivity index (χ0) is 15.6. The monoisotopic (exact) mass is 314 g/mol.